The van der Waals surface area contributed by atoms with Gasteiger partial charge in [-0.1, -0.05) is 23.4 Å². The van der Waals surface area contributed by atoms with Gasteiger partial charge in [0.05, 0.1) is 11.4 Å². The van der Waals surface area contributed by atoms with Gasteiger partial charge in [0.25, 0.3) is 0 Å². The van der Waals surface area contributed by atoms with E-state index in [1.165, 1.54) is 10.9 Å². The summed E-state index contributed by atoms with van der Waals surface area (Å²) >= 11 is 1.59. The molecule has 3 rings (SSSR count). The van der Waals surface area contributed by atoms with Crippen LogP contribution in [0.5, 0.6) is 0 Å². The van der Waals surface area contributed by atoms with Crippen molar-refractivity contribution in [2.45, 2.75) is 32.6 Å². The lowest BCUT2D eigenvalue weighted by Gasteiger charge is -2.07. The lowest BCUT2D eigenvalue weighted by molar-refractivity contribution is -0.118. The molecule has 0 aliphatic carbocycles. The Morgan fingerprint density at radius 2 is 2.12 bits per heavy atom. The fourth-order valence-corrected chi connectivity index (χ4v) is 3.82. The number of hydrogen-bond acceptors (Lipinski definition) is 4. The molecule has 1 amide bonds. The molecule has 0 unspecified atom stereocenters. The lowest BCUT2D eigenvalue weighted by atomic mass is 10.2. The molecule has 0 fully saturated rings. The van der Waals surface area contributed by atoms with Gasteiger partial charge in [0.1, 0.15) is 5.76 Å². The summed E-state index contributed by atoms with van der Waals surface area (Å²) in [6, 6.07) is 10.5. The number of amides is 1. The van der Waals surface area contributed by atoms with Crippen molar-refractivity contribution in [3.63, 3.8) is 0 Å². The van der Waals surface area contributed by atoms with Crippen molar-refractivity contribution in [3.05, 3.63) is 53.5 Å². The first-order chi connectivity index (χ1) is 12.1. The predicted octanol–water partition coefficient (Wildman–Crippen LogP) is 3.69. The molecule has 0 saturated carbocycles. The summed E-state index contributed by atoms with van der Waals surface area (Å²) in [6.07, 6.45) is 3.02. The maximum Gasteiger partial charge on any atom is 0.230 e. The largest absolute Gasteiger partial charge is 0.361 e. The van der Waals surface area contributed by atoms with E-state index in [1.54, 1.807) is 11.8 Å². The van der Waals surface area contributed by atoms with Crippen LogP contribution in [-0.2, 0) is 17.1 Å². The molecule has 2 heterocycles. The van der Waals surface area contributed by atoms with E-state index in [2.05, 4.69) is 45.5 Å². The number of carbonyl (C=O) groups excluding carboxylic acids is 1. The Labute approximate surface area is 151 Å². The van der Waals surface area contributed by atoms with Gasteiger partial charge in [0, 0.05) is 36.1 Å². The zero-order valence-corrected chi connectivity index (χ0v) is 15.4. The number of fused-ring (bicyclic) bond motifs is 1. The molecule has 25 heavy (non-hydrogen) atoms. The molecule has 0 aliphatic rings. The Kier molecular flexibility index (Phi) is 5.81. The number of aromatic nitrogens is 2. The van der Waals surface area contributed by atoms with Crippen LogP contribution in [0.15, 0.2) is 41.1 Å². The molecular formula is C19H23N3O2S. The van der Waals surface area contributed by atoms with E-state index in [9.17, 15) is 4.79 Å². The number of carbonyl (C=O) groups is 1. The number of thioether (sulfide) groups is 1. The third-order valence-electron chi connectivity index (χ3n) is 4.24. The van der Waals surface area contributed by atoms with Gasteiger partial charge in [-0.25, -0.2) is 0 Å². The van der Waals surface area contributed by atoms with E-state index >= 15 is 0 Å². The smallest absolute Gasteiger partial charge is 0.230 e. The van der Waals surface area contributed by atoms with E-state index in [0.717, 1.165) is 35.7 Å². The van der Waals surface area contributed by atoms with Crippen LogP contribution >= 0.6 is 11.8 Å². The highest BCUT2D eigenvalue weighted by molar-refractivity contribution is 7.99. The normalized spacial score (nSPS) is 11.1. The van der Waals surface area contributed by atoms with E-state index < -0.39 is 0 Å². The van der Waals surface area contributed by atoms with E-state index in [0.29, 0.717) is 12.3 Å². The third kappa shape index (κ3) is 4.45. The number of nitrogens with one attached hydrogen (secondary N) is 1. The quantitative estimate of drug-likeness (QED) is 0.625. The highest BCUT2D eigenvalue weighted by Gasteiger charge is 2.10. The van der Waals surface area contributed by atoms with Gasteiger partial charge in [-0.05, 0) is 37.8 Å². The minimum absolute atomic E-state index is 0.0779. The molecule has 6 heteroatoms. The second-order valence-corrected chi connectivity index (χ2v) is 7.05. The molecule has 2 aromatic heterocycles. The molecule has 3 aromatic rings. The van der Waals surface area contributed by atoms with Crippen molar-refractivity contribution in [1.82, 2.24) is 15.0 Å². The Hall–Kier alpha value is -2.21. The average molecular weight is 357 g/mol. The molecule has 5 nitrogen and oxygen atoms in total. The molecule has 0 saturated heterocycles. The first-order valence-corrected chi connectivity index (χ1v) is 9.60. The Morgan fingerprint density at radius 1 is 1.28 bits per heavy atom. The highest BCUT2D eigenvalue weighted by Crippen LogP contribution is 2.19. The number of benzene rings is 1. The van der Waals surface area contributed by atoms with Gasteiger partial charge >= 0.3 is 0 Å². The number of aryl methyl sites for hydroxylation is 3. The van der Waals surface area contributed by atoms with Crippen LogP contribution < -0.4 is 5.32 Å². The second-order valence-electron chi connectivity index (χ2n) is 6.07. The summed E-state index contributed by atoms with van der Waals surface area (Å²) in [6.45, 7) is 5.43. The summed E-state index contributed by atoms with van der Waals surface area (Å²) in [7, 11) is 0. The van der Waals surface area contributed by atoms with Crippen LogP contribution in [0.1, 0.15) is 23.4 Å². The van der Waals surface area contributed by atoms with Crippen LogP contribution in [0.4, 0.5) is 0 Å². The number of para-hydroxylation sites is 1. The van der Waals surface area contributed by atoms with Crippen LogP contribution in [0, 0.1) is 13.8 Å². The zero-order valence-electron chi connectivity index (χ0n) is 14.6. The maximum atomic E-state index is 11.9. The molecule has 0 aliphatic heterocycles. The van der Waals surface area contributed by atoms with Crippen molar-refractivity contribution in [3.8, 4) is 0 Å². The van der Waals surface area contributed by atoms with E-state index in [-0.39, 0.29) is 5.91 Å². The van der Waals surface area contributed by atoms with Crippen molar-refractivity contribution in [2.24, 2.45) is 0 Å². The van der Waals surface area contributed by atoms with Crippen molar-refractivity contribution >= 4 is 28.6 Å². The molecule has 0 spiro atoms. The Balaban J connectivity index is 1.35. The molecule has 0 bridgehead atoms. The van der Waals surface area contributed by atoms with Crippen molar-refractivity contribution in [2.75, 3.05) is 12.3 Å². The molecule has 1 N–H and O–H groups in total. The first-order valence-electron chi connectivity index (χ1n) is 8.45. The van der Waals surface area contributed by atoms with Crippen LogP contribution in [0.3, 0.4) is 0 Å². The lowest BCUT2D eigenvalue weighted by Crippen LogP contribution is -2.26. The summed E-state index contributed by atoms with van der Waals surface area (Å²) < 4.78 is 7.36. The monoisotopic (exact) mass is 357 g/mol. The van der Waals surface area contributed by atoms with Crippen LogP contribution in [0.2, 0.25) is 0 Å². The summed E-state index contributed by atoms with van der Waals surface area (Å²) in [4.78, 5) is 11.9. The highest BCUT2D eigenvalue weighted by atomic mass is 32.2. The molecule has 0 radical (unpaired) electrons. The van der Waals surface area contributed by atoms with Gasteiger partial charge in [0.15, 0.2) is 0 Å². The topological polar surface area (TPSA) is 60.1 Å². The molecule has 132 valence electrons. The van der Waals surface area contributed by atoms with Gasteiger partial charge in [-0.15, -0.1) is 11.8 Å². The third-order valence-corrected chi connectivity index (χ3v) is 5.20. The maximum absolute atomic E-state index is 11.9. The summed E-state index contributed by atoms with van der Waals surface area (Å²) in [5.74, 6) is 2.12. The van der Waals surface area contributed by atoms with Crippen LogP contribution in [-0.4, -0.2) is 27.9 Å². The second kappa shape index (κ2) is 8.25. The number of nitrogens with zero attached hydrogens (tertiary/aromatic N) is 2. The van der Waals surface area contributed by atoms with E-state index in [1.807, 2.05) is 19.9 Å². The van der Waals surface area contributed by atoms with E-state index in [4.69, 9.17) is 4.52 Å². The minimum Gasteiger partial charge on any atom is -0.361 e. The minimum atomic E-state index is 0.0779. The van der Waals surface area contributed by atoms with Crippen LogP contribution in [0.25, 0.3) is 10.9 Å². The van der Waals surface area contributed by atoms with Crippen molar-refractivity contribution in [1.29, 1.82) is 0 Å². The Bertz CT molecular complexity index is 834. The molecule has 1 aromatic carbocycles. The molecular weight excluding hydrogens is 334 g/mol. The zero-order chi connectivity index (χ0) is 17.6. The number of rotatable bonds is 8. The number of hydrogen-bond donors (Lipinski definition) is 1. The van der Waals surface area contributed by atoms with Gasteiger partial charge in [-0.2, -0.15) is 0 Å². The molecule has 0 atom stereocenters. The average Bonchev–Trinajstić information content (AvgIpc) is 3.16. The fourth-order valence-electron chi connectivity index (χ4n) is 2.82. The van der Waals surface area contributed by atoms with Gasteiger partial charge in [0.2, 0.25) is 5.91 Å². The standard InChI is InChI=1S/C19H23N3O2S/c1-14-17(15(2)24-21-14)12-25-13-19(23)20-9-5-10-22-11-8-16-6-3-4-7-18(16)22/h3-4,6-8,11H,5,9-10,12-13H2,1-2H3,(H,20,23). The Morgan fingerprint density at radius 3 is 2.92 bits per heavy atom. The van der Waals surface area contributed by atoms with Crippen molar-refractivity contribution < 1.29 is 9.32 Å². The first kappa shape index (κ1) is 17.6. The van der Waals surface area contributed by atoms with Gasteiger partial charge in [-0.3, -0.25) is 4.79 Å². The summed E-state index contributed by atoms with van der Waals surface area (Å²) in [5, 5.41) is 8.17. The summed E-state index contributed by atoms with van der Waals surface area (Å²) in [5.41, 5.74) is 3.24. The SMILES string of the molecule is Cc1noc(C)c1CSCC(=O)NCCCn1ccc2ccccc21. The fraction of sp³-hybridized carbons (Fsp3) is 0.368. The predicted molar refractivity (Wildman–Crippen MR) is 102 cm³/mol. The van der Waals surface area contributed by atoms with Gasteiger partial charge < -0.3 is 14.4 Å².